The van der Waals surface area contributed by atoms with E-state index in [-0.39, 0.29) is 12.8 Å². The van der Waals surface area contributed by atoms with Crippen molar-refractivity contribution in [2.45, 2.75) is 25.5 Å². The van der Waals surface area contributed by atoms with E-state index in [0.29, 0.717) is 19.1 Å². The standard InChI is InChI=1S/C7H14FNO/c1-6-4-7(10)5-9(6)3-2-8/h6-7,10H,2-5H2,1H3. The van der Waals surface area contributed by atoms with Crippen molar-refractivity contribution >= 4 is 0 Å². The summed E-state index contributed by atoms with van der Waals surface area (Å²) in [6.45, 7) is 2.83. The topological polar surface area (TPSA) is 23.5 Å². The molecule has 1 aliphatic heterocycles. The Balaban J connectivity index is 2.31. The summed E-state index contributed by atoms with van der Waals surface area (Å²) in [6, 6.07) is 0.353. The first-order valence-corrected chi connectivity index (χ1v) is 3.72. The van der Waals surface area contributed by atoms with Crippen LogP contribution in [0.5, 0.6) is 0 Å². The molecule has 0 saturated carbocycles. The van der Waals surface area contributed by atoms with Crippen LogP contribution in [-0.2, 0) is 0 Å². The second kappa shape index (κ2) is 3.30. The van der Waals surface area contributed by atoms with Crippen molar-refractivity contribution in [3.8, 4) is 0 Å². The van der Waals surface area contributed by atoms with Crippen molar-refractivity contribution in [3.05, 3.63) is 0 Å². The first kappa shape index (κ1) is 7.95. The minimum Gasteiger partial charge on any atom is -0.392 e. The summed E-state index contributed by atoms with van der Waals surface area (Å²) in [7, 11) is 0. The van der Waals surface area contributed by atoms with Gasteiger partial charge in [0.2, 0.25) is 0 Å². The molecule has 1 rings (SSSR count). The fourth-order valence-electron chi connectivity index (χ4n) is 1.49. The van der Waals surface area contributed by atoms with Gasteiger partial charge < -0.3 is 5.11 Å². The zero-order chi connectivity index (χ0) is 7.56. The molecule has 1 fully saturated rings. The molecule has 0 amide bonds. The smallest absolute Gasteiger partial charge is 0.102 e. The molecule has 1 heterocycles. The molecule has 0 aromatic rings. The fourth-order valence-corrected chi connectivity index (χ4v) is 1.49. The molecule has 0 aromatic heterocycles. The second-order valence-electron chi connectivity index (χ2n) is 2.92. The number of halogens is 1. The van der Waals surface area contributed by atoms with Gasteiger partial charge in [-0.15, -0.1) is 0 Å². The van der Waals surface area contributed by atoms with E-state index in [0.717, 1.165) is 6.42 Å². The van der Waals surface area contributed by atoms with Gasteiger partial charge in [0.1, 0.15) is 6.67 Å². The Morgan fingerprint density at radius 3 is 2.80 bits per heavy atom. The third-order valence-electron chi connectivity index (χ3n) is 2.05. The second-order valence-corrected chi connectivity index (χ2v) is 2.92. The Kier molecular flexibility index (Phi) is 2.63. The van der Waals surface area contributed by atoms with Crippen molar-refractivity contribution in [2.75, 3.05) is 19.8 Å². The third kappa shape index (κ3) is 1.67. The van der Waals surface area contributed by atoms with Gasteiger partial charge in [0.25, 0.3) is 0 Å². The number of hydrogen-bond acceptors (Lipinski definition) is 2. The molecule has 0 spiro atoms. The Hall–Kier alpha value is -0.150. The molecule has 3 heteroatoms. The van der Waals surface area contributed by atoms with Crippen molar-refractivity contribution in [2.24, 2.45) is 0 Å². The molecule has 0 radical (unpaired) electrons. The van der Waals surface area contributed by atoms with Crippen molar-refractivity contribution in [1.29, 1.82) is 0 Å². The summed E-state index contributed by atoms with van der Waals surface area (Å²) < 4.78 is 11.8. The SMILES string of the molecule is CC1CC(O)CN1CCF. The van der Waals surface area contributed by atoms with E-state index in [9.17, 15) is 4.39 Å². The van der Waals surface area contributed by atoms with Gasteiger partial charge in [-0.05, 0) is 13.3 Å². The number of hydrogen-bond donors (Lipinski definition) is 1. The van der Waals surface area contributed by atoms with E-state index in [4.69, 9.17) is 5.11 Å². The minimum atomic E-state index is -0.308. The minimum absolute atomic E-state index is 0.235. The van der Waals surface area contributed by atoms with Gasteiger partial charge in [0.15, 0.2) is 0 Å². The van der Waals surface area contributed by atoms with E-state index >= 15 is 0 Å². The number of aliphatic hydroxyl groups excluding tert-OH is 1. The van der Waals surface area contributed by atoms with Crippen LogP contribution in [0.1, 0.15) is 13.3 Å². The highest BCUT2D eigenvalue weighted by Crippen LogP contribution is 2.15. The normalized spacial score (nSPS) is 35.1. The third-order valence-corrected chi connectivity index (χ3v) is 2.05. The summed E-state index contributed by atoms with van der Waals surface area (Å²) in [5.41, 5.74) is 0. The maximum Gasteiger partial charge on any atom is 0.102 e. The van der Waals surface area contributed by atoms with Crippen molar-refractivity contribution in [3.63, 3.8) is 0 Å². The number of aliphatic hydroxyl groups is 1. The maximum absolute atomic E-state index is 11.8. The van der Waals surface area contributed by atoms with Crippen LogP contribution in [0.3, 0.4) is 0 Å². The number of alkyl halides is 1. The molecule has 1 N–H and O–H groups in total. The molecule has 0 aromatic carbocycles. The lowest BCUT2D eigenvalue weighted by molar-refractivity contribution is 0.171. The number of nitrogens with zero attached hydrogens (tertiary/aromatic N) is 1. The molecule has 1 aliphatic rings. The van der Waals surface area contributed by atoms with Crippen LogP contribution in [0, 0.1) is 0 Å². The maximum atomic E-state index is 11.8. The Morgan fingerprint density at radius 2 is 2.40 bits per heavy atom. The van der Waals surface area contributed by atoms with Crippen LogP contribution in [0.25, 0.3) is 0 Å². The van der Waals surface area contributed by atoms with Crippen LogP contribution in [0.4, 0.5) is 4.39 Å². The molecule has 1 saturated heterocycles. The molecule has 2 nitrogen and oxygen atoms in total. The van der Waals surface area contributed by atoms with E-state index in [1.807, 2.05) is 11.8 Å². The molecule has 0 aliphatic carbocycles. The Bertz CT molecular complexity index is 110. The average Bonchev–Trinajstić information content (AvgIpc) is 2.13. The van der Waals surface area contributed by atoms with Crippen LogP contribution in [0.2, 0.25) is 0 Å². The fraction of sp³-hybridized carbons (Fsp3) is 1.00. The lowest BCUT2D eigenvalue weighted by Gasteiger charge is -2.17. The lowest BCUT2D eigenvalue weighted by Crippen LogP contribution is -2.29. The molecule has 60 valence electrons. The zero-order valence-corrected chi connectivity index (χ0v) is 6.26. The van der Waals surface area contributed by atoms with Gasteiger partial charge in [-0.3, -0.25) is 4.90 Å². The summed E-state index contributed by atoms with van der Waals surface area (Å²) in [5.74, 6) is 0. The molecular weight excluding hydrogens is 133 g/mol. The van der Waals surface area contributed by atoms with Gasteiger partial charge in [0, 0.05) is 19.1 Å². The van der Waals surface area contributed by atoms with Gasteiger partial charge in [0.05, 0.1) is 6.10 Å². The molecular formula is C7H14FNO. The van der Waals surface area contributed by atoms with E-state index < -0.39 is 0 Å². The van der Waals surface area contributed by atoms with E-state index in [2.05, 4.69) is 0 Å². The van der Waals surface area contributed by atoms with Crippen molar-refractivity contribution < 1.29 is 9.50 Å². The van der Waals surface area contributed by atoms with Gasteiger partial charge in [-0.25, -0.2) is 4.39 Å². The Morgan fingerprint density at radius 1 is 1.70 bits per heavy atom. The quantitative estimate of drug-likeness (QED) is 0.611. The van der Waals surface area contributed by atoms with Crippen LogP contribution >= 0.6 is 0 Å². The lowest BCUT2D eigenvalue weighted by atomic mass is 10.2. The first-order chi connectivity index (χ1) is 4.74. The highest BCUT2D eigenvalue weighted by molar-refractivity contribution is 4.81. The van der Waals surface area contributed by atoms with E-state index in [1.165, 1.54) is 0 Å². The monoisotopic (exact) mass is 147 g/mol. The van der Waals surface area contributed by atoms with Gasteiger partial charge in [-0.1, -0.05) is 0 Å². The van der Waals surface area contributed by atoms with Crippen LogP contribution in [0.15, 0.2) is 0 Å². The average molecular weight is 147 g/mol. The largest absolute Gasteiger partial charge is 0.392 e. The van der Waals surface area contributed by atoms with Crippen molar-refractivity contribution in [1.82, 2.24) is 4.90 Å². The van der Waals surface area contributed by atoms with Gasteiger partial charge >= 0.3 is 0 Å². The highest BCUT2D eigenvalue weighted by atomic mass is 19.1. The number of rotatable bonds is 2. The predicted octanol–water partition coefficient (Wildman–Crippen LogP) is 0.411. The molecule has 0 bridgehead atoms. The van der Waals surface area contributed by atoms with Gasteiger partial charge in [-0.2, -0.15) is 0 Å². The summed E-state index contributed by atoms with van der Waals surface area (Å²) in [6.07, 6.45) is 0.557. The summed E-state index contributed by atoms with van der Waals surface area (Å²) >= 11 is 0. The first-order valence-electron chi connectivity index (χ1n) is 3.72. The number of likely N-dealkylation sites (tertiary alicyclic amines) is 1. The predicted molar refractivity (Wildman–Crippen MR) is 37.6 cm³/mol. The Labute approximate surface area is 60.6 Å². The highest BCUT2D eigenvalue weighted by Gasteiger charge is 2.26. The number of β-amino-alcohol motifs (C(OH)–C–C–N with tert-alkyl or cyclic N) is 1. The van der Waals surface area contributed by atoms with Crippen LogP contribution in [-0.4, -0.2) is 41.9 Å². The summed E-state index contributed by atoms with van der Waals surface area (Å²) in [5, 5.41) is 9.13. The van der Waals surface area contributed by atoms with E-state index in [1.54, 1.807) is 0 Å². The molecule has 10 heavy (non-hydrogen) atoms. The zero-order valence-electron chi connectivity index (χ0n) is 6.26. The van der Waals surface area contributed by atoms with Crippen LogP contribution < -0.4 is 0 Å². The molecule has 2 unspecified atom stereocenters. The molecule has 2 atom stereocenters. The summed E-state index contributed by atoms with van der Waals surface area (Å²) in [4.78, 5) is 1.98.